The van der Waals surface area contributed by atoms with E-state index in [9.17, 15) is 19.5 Å². The van der Waals surface area contributed by atoms with E-state index in [0.717, 1.165) is 41.2 Å². The van der Waals surface area contributed by atoms with Crippen molar-refractivity contribution in [1.29, 1.82) is 0 Å². The van der Waals surface area contributed by atoms with Gasteiger partial charge in [0, 0.05) is 47.6 Å². The molecule has 6 rings (SSSR count). The molecule has 3 aliphatic rings. The van der Waals surface area contributed by atoms with Gasteiger partial charge < -0.3 is 30.7 Å². The number of carboxylic acids is 1. The lowest BCUT2D eigenvalue weighted by molar-refractivity contribution is -0.138. The molecule has 206 valence electrons. The van der Waals surface area contributed by atoms with Gasteiger partial charge in [0.2, 0.25) is 0 Å². The largest absolute Gasteiger partial charge is 0.493 e. The van der Waals surface area contributed by atoms with Gasteiger partial charge in [-0.25, -0.2) is 0 Å². The normalized spacial score (nSPS) is 15.7. The standard InChI is InChI=1S/C29H27N5O5.ClH/c35-26(36)15-24(21-2-1-3-25-22(21)10-13-39-25)34-16-18-6-9-20(14-23(18)28(34)38)32-27(37)17-4-7-19(8-5-17)33-29-30-11-12-31-29;/h1-9,14,24H,10-13,15-16H2,(H,32,37)(H,35,36)(H2,30,31,33);1H. The number of aliphatic imine (C=N–C) groups is 1. The number of rotatable bonds is 7. The Bertz CT molecular complexity index is 1510. The molecular weight excluding hydrogens is 534 g/mol. The van der Waals surface area contributed by atoms with Crippen molar-refractivity contribution in [3.63, 3.8) is 0 Å². The van der Waals surface area contributed by atoms with Gasteiger partial charge in [-0.2, -0.15) is 0 Å². The predicted octanol–water partition coefficient (Wildman–Crippen LogP) is 3.84. The summed E-state index contributed by atoms with van der Waals surface area (Å²) in [4.78, 5) is 44.1. The average Bonchev–Trinajstić information content (AvgIpc) is 3.69. The van der Waals surface area contributed by atoms with E-state index >= 15 is 0 Å². The molecule has 0 aliphatic carbocycles. The molecule has 0 bridgehead atoms. The van der Waals surface area contributed by atoms with Crippen LogP contribution in [-0.4, -0.2) is 53.4 Å². The summed E-state index contributed by atoms with van der Waals surface area (Å²) < 4.78 is 5.67. The monoisotopic (exact) mass is 561 g/mol. The number of anilines is 2. The van der Waals surface area contributed by atoms with E-state index in [2.05, 4.69) is 20.9 Å². The van der Waals surface area contributed by atoms with Gasteiger partial charge in [-0.05, 0) is 53.6 Å². The first-order chi connectivity index (χ1) is 19.0. The number of aliphatic carboxylic acids is 1. The number of fused-ring (bicyclic) bond motifs is 2. The van der Waals surface area contributed by atoms with Crippen molar-refractivity contribution in [3.05, 3.63) is 88.5 Å². The number of hydrogen-bond donors (Lipinski definition) is 4. The van der Waals surface area contributed by atoms with E-state index in [4.69, 9.17) is 4.74 Å². The number of nitrogens with one attached hydrogen (secondary N) is 3. The number of ether oxygens (including phenoxy) is 1. The summed E-state index contributed by atoms with van der Waals surface area (Å²) in [5.41, 5.74) is 4.77. The highest BCUT2D eigenvalue weighted by Crippen LogP contribution is 2.39. The number of carbonyl (C=O) groups excluding carboxylic acids is 2. The zero-order valence-electron chi connectivity index (χ0n) is 21.5. The zero-order valence-corrected chi connectivity index (χ0v) is 22.3. The number of halogens is 1. The first-order valence-corrected chi connectivity index (χ1v) is 12.8. The second-order valence-electron chi connectivity index (χ2n) is 9.65. The van der Waals surface area contributed by atoms with Gasteiger partial charge >= 0.3 is 5.97 Å². The first kappa shape index (κ1) is 27.0. The van der Waals surface area contributed by atoms with Crippen LogP contribution in [0.15, 0.2) is 65.7 Å². The summed E-state index contributed by atoms with van der Waals surface area (Å²) >= 11 is 0. The van der Waals surface area contributed by atoms with Crippen LogP contribution < -0.4 is 20.7 Å². The molecule has 1 atom stereocenters. The van der Waals surface area contributed by atoms with Crippen LogP contribution in [0.25, 0.3) is 0 Å². The molecule has 11 heteroatoms. The second-order valence-corrected chi connectivity index (χ2v) is 9.65. The Kier molecular flexibility index (Phi) is 7.61. The van der Waals surface area contributed by atoms with Crippen LogP contribution in [0.2, 0.25) is 0 Å². The number of benzene rings is 3. The molecule has 3 heterocycles. The topological polar surface area (TPSA) is 132 Å². The Morgan fingerprint density at radius 1 is 1.10 bits per heavy atom. The van der Waals surface area contributed by atoms with E-state index < -0.39 is 12.0 Å². The van der Waals surface area contributed by atoms with Crippen LogP contribution >= 0.6 is 12.4 Å². The van der Waals surface area contributed by atoms with Crippen LogP contribution in [0, 0.1) is 0 Å². The van der Waals surface area contributed by atoms with Crippen molar-refractivity contribution in [2.24, 2.45) is 4.99 Å². The highest BCUT2D eigenvalue weighted by Gasteiger charge is 2.36. The fraction of sp³-hybridized carbons (Fsp3) is 0.241. The lowest BCUT2D eigenvalue weighted by Crippen LogP contribution is -2.31. The first-order valence-electron chi connectivity index (χ1n) is 12.8. The van der Waals surface area contributed by atoms with Crippen molar-refractivity contribution in [2.75, 3.05) is 30.3 Å². The molecule has 10 nitrogen and oxygen atoms in total. The SMILES string of the molecule is Cl.O=C(O)CC(c1cccc2c1CCO2)N1Cc2ccc(NC(=O)c3ccc(NC4=NCCN4)cc3)cc2C1=O. The fourth-order valence-electron chi connectivity index (χ4n) is 5.29. The molecule has 2 amide bonds. The number of guanidine groups is 1. The summed E-state index contributed by atoms with van der Waals surface area (Å²) in [6.07, 6.45) is 0.462. The minimum atomic E-state index is -0.984. The maximum absolute atomic E-state index is 13.5. The van der Waals surface area contributed by atoms with Crippen LogP contribution in [0.3, 0.4) is 0 Å². The second kappa shape index (κ2) is 11.3. The molecule has 4 N–H and O–H groups in total. The average molecular weight is 562 g/mol. The van der Waals surface area contributed by atoms with Gasteiger partial charge in [-0.1, -0.05) is 18.2 Å². The van der Waals surface area contributed by atoms with Crippen LogP contribution in [0.1, 0.15) is 49.9 Å². The quantitative estimate of drug-likeness (QED) is 0.344. The fourth-order valence-corrected chi connectivity index (χ4v) is 5.29. The Hall–Kier alpha value is -4.57. The molecule has 0 aromatic heterocycles. The van der Waals surface area contributed by atoms with Crippen LogP contribution in [0.5, 0.6) is 5.75 Å². The maximum Gasteiger partial charge on any atom is 0.305 e. The van der Waals surface area contributed by atoms with Crippen molar-refractivity contribution in [2.45, 2.75) is 25.4 Å². The van der Waals surface area contributed by atoms with Crippen LogP contribution in [0.4, 0.5) is 11.4 Å². The molecule has 3 aromatic carbocycles. The molecule has 40 heavy (non-hydrogen) atoms. The molecule has 3 aromatic rings. The maximum atomic E-state index is 13.5. The Labute approximate surface area is 236 Å². The predicted molar refractivity (Wildman–Crippen MR) is 153 cm³/mol. The smallest absolute Gasteiger partial charge is 0.305 e. The number of amides is 2. The van der Waals surface area contributed by atoms with E-state index in [-0.39, 0.29) is 30.6 Å². The molecule has 0 radical (unpaired) electrons. The third-order valence-corrected chi connectivity index (χ3v) is 7.17. The summed E-state index contributed by atoms with van der Waals surface area (Å²) in [6.45, 7) is 2.36. The zero-order chi connectivity index (χ0) is 26.9. The molecule has 0 saturated carbocycles. The van der Waals surface area contributed by atoms with Crippen molar-refractivity contribution in [3.8, 4) is 5.75 Å². The van der Waals surface area contributed by atoms with Gasteiger partial charge in [0.1, 0.15) is 5.75 Å². The third-order valence-electron chi connectivity index (χ3n) is 7.17. The van der Waals surface area contributed by atoms with Gasteiger partial charge in [0.05, 0.1) is 25.6 Å². The lowest BCUT2D eigenvalue weighted by atomic mass is 9.95. The Morgan fingerprint density at radius 2 is 1.90 bits per heavy atom. The van der Waals surface area contributed by atoms with Crippen molar-refractivity contribution >= 4 is 47.5 Å². The van der Waals surface area contributed by atoms with Gasteiger partial charge in [0.25, 0.3) is 11.8 Å². The highest BCUT2D eigenvalue weighted by atomic mass is 35.5. The van der Waals surface area contributed by atoms with E-state index in [1.165, 1.54) is 0 Å². The number of carboxylic acid groups (broad SMARTS) is 1. The van der Waals surface area contributed by atoms with Crippen molar-refractivity contribution in [1.82, 2.24) is 10.2 Å². The molecule has 1 unspecified atom stereocenters. The summed E-state index contributed by atoms with van der Waals surface area (Å²) in [5, 5.41) is 18.8. The Morgan fingerprint density at radius 3 is 2.65 bits per heavy atom. The number of nitrogens with zero attached hydrogens (tertiary/aromatic N) is 2. The highest BCUT2D eigenvalue weighted by molar-refractivity contribution is 6.06. The van der Waals surface area contributed by atoms with Gasteiger partial charge in [-0.15, -0.1) is 12.4 Å². The van der Waals surface area contributed by atoms with Gasteiger partial charge in [-0.3, -0.25) is 19.4 Å². The third kappa shape index (κ3) is 5.30. The summed E-state index contributed by atoms with van der Waals surface area (Å²) in [6, 6.07) is 17.2. The molecule has 0 saturated heterocycles. The summed E-state index contributed by atoms with van der Waals surface area (Å²) in [7, 11) is 0. The van der Waals surface area contributed by atoms with E-state index in [0.29, 0.717) is 42.3 Å². The van der Waals surface area contributed by atoms with E-state index in [1.807, 2.05) is 24.3 Å². The van der Waals surface area contributed by atoms with Crippen LogP contribution in [-0.2, 0) is 17.8 Å². The molecule has 0 spiro atoms. The minimum Gasteiger partial charge on any atom is -0.493 e. The minimum absolute atomic E-state index is 0. The molecule has 3 aliphatic heterocycles. The molecule has 0 fully saturated rings. The lowest BCUT2D eigenvalue weighted by Gasteiger charge is -2.28. The number of hydrogen-bond acceptors (Lipinski definition) is 7. The van der Waals surface area contributed by atoms with E-state index in [1.54, 1.807) is 41.3 Å². The Balaban J connectivity index is 0.00000323. The summed E-state index contributed by atoms with van der Waals surface area (Å²) in [5.74, 6) is -0.0992. The number of carbonyl (C=O) groups is 3. The van der Waals surface area contributed by atoms with Crippen molar-refractivity contribution < 1.29 is 24.2 Å². The van der Waals surface area contributed by atoms with Gasteiger partial charge in [0.15, 0.2) is 5.96 Å². The molecular formula is C29H28ClN5O5.